The quantitative estimate of drug-likeness (QED) is 0.448. The van der Waals surface area contributed by atoms with E-state index >= 15 is 0 Å². The predicted octanol–water partition coefficient (Wildman–Crippen LogP) is 3.10. The van der Waals surface area contributed by atoms with Gasteiger partial charge in [-0.2, -0.15) is 0 Å². The smallest absolute Gasteiger partial charge is 0.294 e. The molecule has 0 atom stereocenters. The van der Waals surface area contributed by atoms with Crippen LogP contribution in [0, 0.1) is 10.1 Å². The Labute approximate surface area is 89.6 Å². The number of nitrogens with zero attached hydrogens (tertiary/aromatic N) is 1. The van der Waals surface area contributed by atoms with E-state index in [1.165, 1.54) is 19.1 Å². The van der Waals surface area contributed by atoms with E-state index < -0.39 is 16.4 Å². The molecule has 6 heteroatoms. The molecule has 74 valence electrons. The maximum atomic E-state index is 11.1. The van der Waals surface area contributed by atoms with Crippen LogP contribution in [0.5, 0.6) is 0 Å². The third-order valence-corrected chi connectivity index (χ3v) is 2.10. The highest BCUT2D eigenvalue weighted by molar-refractivity contribution is 6.37. The van der Waals surface area contributed by atoms with Gasteiger partial charge in [-0.25, -0.2) is 0 Å². The molecule has 1 aromatic carbocycles. The van der Waals surface area contributed by atoms with Gasteiger partial charge in [0.25, 0.3) is 5.69 Å². The summed E-state index contributed by atoms with van der Waals surface area (Å²) in [6, 6.07) is 2.46. The van der Waals surface area contributed by atoms with E-state index in [-0.39, 0.29) is 15.6 Å². The Kier molecular flexibility index (Phi) is 3.08. The SMILES string of the molecule is CC(=O)c1cc(Cl)cc(Cl)c1[N+](=O)[O-]. The first-order chi connectivity index (χ1) is 6.43. The topological polar surface area (TPSA) is 60.2 Å². The van der Waals surface area contributed by atoms with Crippen molar-refractivity contribution >= 4 is 34.7 Å². The molecule has 0 amide bonds. The lowest BCUT2D eigenvalue weighted by Crippen LogP contribution is -2.00. The van der Waals surface area contributed by atoms with Gasteiger partial charge in [-0.05, 0) is 19.1 Å². The molecule has 0 saturated heterocycles. The molecule has 0 radical (unpaired) electrons. The van der Waals surface area contributed by atoms with E-state index in [4.69, 9.17) is 23.2 Å². The van der Waals surface area contributed by atoms with Gasteiger partial charge in [-0.3, -0.25) is 14.9 Å². The fourth-order valence-corrected chi connectivity index (χ4v) is 1.58. The number of carbonyl (C=O) groups is 1. The lowest BCUT2D eigenvalue weighted by atomic mass is 10.1. The Bertz CT molecular complexity index is 417. The van der Waals surface area contributed by atoms with Crippen molar-refractivity contribution in [2.75, 3.05) is 0 Å². The van der Waals surface area contributed by atoms with Gasteiger partial charge in [0, 0.05) is 5.02 Å². The van der Waals surface area contributed by atoms with Crippen molar-refractivity contribution in [3.05, 3.63) is 37.9 Å². The summed E-state index contributed by atoms with van der Waals surface area (Å²) in [6.45, 7) is 1.22. The van der Waals surface area contributed by atoms with Crippen molar-refractivity contribution in [1.82, 2.24) is 0 Å². The van der Waals surface area contributed by atoms with Gasteiger partial charge in [0.05, 0.1) is 10.5 Å². The maximum absolute atomic E-state index is 11.1. The highest BCUT2D eigenvalue weighted by atomic mass is 35.5. The molecule has 0 aliphatic heterocycles. The molecular formula is C8H5Cl2NO3. The van der Waals surface area contributed by atoms with Crippen molar-refractivity contribution in [3.63, 3.8) is 0 Å². The van der Waals surface area contributed by atoms with Crippen molar-refractivity contribution in [2.24, 2.45) is 0 Å². The highest BCUT2D eigenvalue weighted by Crippen LogP contribution is 2.32. The summed E-state index contributed by atoms with van der Waals surface area (Å²) < 4.78 is 0. The molecule has 1 rings (SSSR count). The molecular weight excluding hydrogens is 229 g/mol. The van der Waals surface area contributed by atoms with Crippen LogP contribution in [-0.4, -0.2) is 10.7 Å². The maximum Gasteiger partial charge on any atom is 0.298 e. The van der Waals surface area contributed by atoms with Crippen LogP contribution in [0.2, 0.25) is 10.0 Å². The summed E-state index contributed by atoms with van der Waals surface area (Å²) in [5.41, 5.74) is -0.476. The Morgan fingerprint density at radius 3 is 2.43 bits per heavy atom. The standard InChI is InChI=1S/C8H5Cl2NO3/c1-4(12)6-2-5(9)3-7(10)8(6)11(13)14/h2-3H,1H3. The van der Waals surface area contributed by atoms with Gasteiger partial charge in [-0.1, -0.05) is 23.2 Å². The zero-order chi connectivity index (χ0) is 10.9. The summed E-state index contributed by atoms with van der Waals surface area (Å²) in [5.74, 6) is -0.443. The van der Waals surface area contributed by atoms with E-state index in [1.54, 1.807) is 0 Å². The van der Waals surface area contributed by atoms with Gasteiger partial charge in [0.2, 0.25) is 0 Å². The second kappa shape index (κ2) is 3.94. The summed E-state index contributed by atoms with van der Waals surface area (Å²) in [6.07, 6.45) is 0. The molecule has 0 aliphatic carbocycles. The van der Waals surface area contributed by atoms with E-state index in [2.05, 4.69) is 0 Å². The molecule has 1 aromatic rings. The first-order valence-electron chi connectivity index (χ1n) is 3.58. The number of ketones is 1. The minimum Gasteiger partial charge on any atom is -0.294 e. The van der Waals surface area contributed by atoms with Gasteiger partial charge in [-0.15, -0.1) is 0 Å². The van der Waals surface area contributed by atoms with E-state index in [1.807, 2.05) is 0 Å². The number of Topliss-reactive ketones (excluding diaryl/α,β-unsaturated/α-hetero) is 1. The molecule has 0 aromatic heterocycles. The second-order valence-electron chi connectivity index (χ2n) is 2.60. The molecule has 0 fully saturated rings. The first-order valence-corrected chi connectivity index (χ1v) is 4.33. The largest absolute Gasteiger partial charge is 0.298 e. The third kappa shape index (κ3) is 2.02. The van der Waals surface area contributed by atoms with E-state index in [0.717, 1.165) is 0 Å². The number of hydrogen-bond donors (Lipinski definition) is 0. The normalized spacial score (nSPS) is 9.93. The minimum absolute atomic E-state index is 0.0764. The molecule has 14 heavy (non-hydrogen) atoms. The number of benzene rings is 1. The molecule has 0 N–H and O–H groups in total. The molecule has 0 saturated carbocycles. The number of nitro groups is 1. The number of carbonyl (C=O) groups excluding carboxylic acids is 1. The Morgan fingerprint density at radius 2 is 2.00 bits per heavy atom. The van der Waals surface area contributed by atoms with Gasteiger partial charge in [0.15, 0.2) is 5.78 Å². The predicted molar refractivity (Wildman–Crippen MR) is 53.1 cm³/mol. The summed E-state index contributed by atoms with van der Waals surface area (Å²) in [7, 11) is 0. The number of hydrogen-bond acceptors (Lipinski definition) is 3. The average Bonchev–Trinajstić information content (AvgIpc) is 2.01. The molecule has 0 unspecified atom stereocenters. The van der Waals surface area contributed by atoms with E-state index in [0.29, 0.717) is 0 Å². The van der Waals surface area contributed by atoms with Crippen molar-refractivity contribution in [1.29, 1.82) is 0 Å². The second-order valence-corrected chi connectivity index (χ2v) is 3.44. The van der Waals surface area contributed by atoms with Crippen LogP contribution >= 0.6 is 23.2 Å². The van der Waals surface area contributed by atoms with Crippen LogP contribution in [0.25, 0.3) is 0 Å². The van der Waals surface area contributed by atoms with Crippen molar-refractivity contribution in [2.45, 2.75) is 6.92 Å². The monoisotopic (exact) mass is 233 g/mol. The zero-order valence-electron chi connectivity index (χ0n) is 7.08. The van der Waals surface area contributed by atoms with Crippen LogP contribution < -0.4 is 0 Å². The number of rotatable bonds is 2. The van der Waals surface area contributed by atoms with Crippen LogP contribution in [0.1, 0.15) is 17.3 Å². The van der Waals surface area contributed by atoms with Crippen molar-refractivity contribution in [3.8, 4) is 0 Å². The number of halogens is 2. The van der Waals surface area contributed by atoms with E-state index in [9.17, 15) is 14.9 Å². The molecule has 0 bridgehead atoms. The molecule has 0 spiro atoms. The summed E-state index contributed by atoms with van der Waals surface area (Å²) in [4.78, 5) is 20.9. The lowest BCUT2D eigenvalue weighted by Gasteiger charge is -2.01. The van der Waals surface area contributed by atoms with Crippen molar-refractivity contribution < 1.29 is 9.72 Å². The summed E-state index contributed by atoms with van der Waals surface area (Å²) in [5, 5.41) is 10.7. The summed E-state index contributed by atoms with van der Waals surface area (Å²) >= 11 is 11.2. The Balaban J connectivity index is 3.52. The minimum atomic E-state index is -0.699. The van der Waals surface area contributed by atoms with Crippen LogP contribution in [0.3, 0.4) is 0 Å². The van der Waals surface area contributed by atoms with Gasteiger partial charge in [0.1, 0.15) is 5.02 Å². The molecule has 4 nitrogen and oxygen atoms in total. The first kappa shape index (κ1) is 10.9. The fraction of sp³-hybridized carbons (Fsp3) is 0.125. The molecule has 0 aliphatic rings. The average molecular weight is 234 g/mol. The molecule has 0 heterocycles. The van der Waals surface area contributed by atoms with Gasteiger partial charge < -0.3 is 0 Å². The Morgan fingerprint density at radius 1 is 1.43 bits per heavy atom. The highest BCUT2D eigenvalue weighted by Gasteiger charge is 2.22. The lowest BCUT2D eigenvalue weighted by molar-refractivity contribution is -0.385. The van der Waals surface area contributed by atoms with Crippen LogP contribution in [-0.2, 0) is 0 Å². The zero-order valence-corrected chi connectivity index (χ0v) is 8.59. The third-order valence-electron chi connectivity index (χ3n) is 1.59. The van der Waals surface area contributed by atoms with Crippen LogP contribution in [0.4, 0.5) is 5.69 Å². The fourth-order valence-electron chi connectivity index (χ4n) is 1.02. The van der Waals surface area contributed by atoms with Gasteiger partial charge >= 0.3 is 0 Å². The van der Waals surface area contributed by atoms with Crippen LogP contribution in [0.15, 0.2) is 12.1 Å². The Hall–Kier alpha value is -1.13. The number of nitro benzene ring substituents is 1.